The summed E-state index contributed by atoms with van der Waals surface area (Å²) in [6.45, 7) is 11.8. The van der Waals surface area contributed by atoms with Gasteiger partial charge in [0.15, 0.2) is 6.10 Å². The summed E-state index contributed by atoms with van der Waals surface area (Å²) >= 11 is 0. The lowest BCUT2D eigenvalue weighted by molar-refractivity contribution is -0.128. The number of benzene rings is 3. The average Bonchev–Trinajstić information content (AvgIpc) is 2.87. The Balaban J connectivity index is 1.64. The quantitative estimate of drug-likeness (QED) is 0.426. The van der Waals surface area contributed by atoms with E-state index in [1.165, 1.54) is 4.31 Å². The first-order valence-corrected chi connectivity index (χ1v) is 14.2. The molecule has 4 rings (SSSR count). The first kappa shape index (κ1) is 27.5. The van der Waals surface area contributed by atoms with E-state index >= 15 is 0 Å². The van der Waals surface area contributed by atoms with E-state index in [9.17, 15) is 13.2 Å². The number of carbonyl (C=O) groups is 1. The van der Waals surface area contributed by atoms with E-state index in [4.69, 9.17) is 9.47 Å². The van der Waals surface area contributed by atoms with Gasteiger partial charge in [-0.2, -0.15) is 0 Å². The summed E-state index contributed by atoms with van der Waals surface area (Å²) in [5.74, 6) is 1.05. The van der Waals surface area contributed by atoms with Gasteiger partial charge in [0.25, 0.3) is 15.9 Å². The van der Waals surface area contributed by atoms with Crippen LogP contribution in [-0.2, 0) is 14.8 Å². The van der Waals surface area contributed by atoms with Crippen LogP contribution in [0.4, 0.5) is 5.69 Å². The second kappa shape index (κ2) is 10.7. The molecule has 1 aliphatic heterocycles. The highest BCUT2D eigenvalue weighted by atomic mass is 32.2. The van der Waals surface area contributed by atoms with Crippen LogP contribution >= 0.6 is 0 Å². The number of nitrogens with zero attached hydrogens (tertiary/aromatic N) is 1. The molecule has 0 saturated heterocycles. The van der Waals surface area contributed by atoms with E-state index in [2.05, 4.69) is 25.2 Å². The Hall–Kier alpha value is -3.52. The Bertz CT molecular complexity index is 1450. The van der Waals surface area contributed by atoms with Crippen molar-refractivity contribution < 1.29 is 22.7 Å². The van der Waals surface area contributed by atoms with Crippen molar-refractivity contribution in [2.45, 2.75) is 64.5 Å². The summed E-state index contributed by atoms with van der Waals surface area (Å²) in [5, 5.41) is 3.05. The number of aryl methyl sites for hydroxylation is 3. The van der Waals surface area contributed by atoms with Gasteiger partial charge in [0.05, 0.1) is 30.3 Å². The average molecular weight is 537 g/mol. The molecule has 0 aliphatic carbocycles. The van der Waals surface area contributed by atoms with Crippen molar-refractivity contribution in [1.29, 1.82) is 0 Å². The smallest absolute Gasteiger partial charge is 0.264 e. The van der Waals surface area contributed by atoms with Crippen molar-refractivity contribution in [3.63, 3.8) is 0 Å². The van der Waals surface area contributed by atoms with Crippen LogP contribution in [0.5, 0.6) is 11.5 Å². The second-order valence-electron chi connectivity index (χ2n) is 10.3. The molecule has 0 fully saturated rings. The number of rotatable bonds is 7. The van der Waals surface area contributed by atoms with E-state index in [-0.39, 0.29) is 29.3 Å². The fraction of sp³-hybridized carbons (Fsp3) is 0.367. The molecule has 0 spiro atoms. The standard InChI is InChI=1S/C30H36N2O5S/c1-18(2)24-16-25(21(5)15-27(24)36-7)22(6)31-30(33)29-17-32(26-13-10-20(4)14-28(26)37-29)38(34,35)23-11-8-19(3)9-12-23/h8-16,18,22,29H,17H2,1-7H3,(H,31,33)/t22-,29+/m0/s1. The number of hydrogen-bond donors (Lipinski definition) is 1. The Morgan fingerprint density at radius 2 is 1.63 bits per heavy atom. The molecule has 3 aromatic rings. The number of nitrogens with one attached hydrogen (secondary N) is 1. The molecule has 0 radical (unpaired) electrons. The van der Waals surface area contributed by atoms with Crippen LogP contribution in [0.15, 0.2) is 59.5 Å². The molecular formula is C30H36N2O5S. The fourth-order valence-electron chi connectivity index (χ4n) is 4.76. The number of sulfonamides is 1. The van der Waals surface area contributed by atoms with Crippen molar-refractivity contribution in [3.05, 3.63) is 82.4 Å². The molecule has 3 aromatic carbocycles. The number of carbonyl (C=O) groups excluding carboxylic acids is 1. The Labute approximate surface area is 225 Å². The number of hydrogen-bond acceptors (Lipinski definition) is 5. The summed E-state index contributed by atoms with van der Waals surface area (Å²) in [5.41, 5.74) is 5.31. The van der Waals surface area contributed by atoms with E-state index in [1.54, 1.807) is 43.5 Å². The molecule has 7 nitrogen and oxygen atoms in total. The number of amides is 1. The maximum Gasteiger partial charge on any atom is 0.264 e. The Kier molecular flexibility index (Phi) is 7.74. The molecule has 0 saturated carbocycles. The van der Waals surface area contributed by atoms with Crippen LogP contribution in [0, 0.1) is 20.8 Å². The number of anilines is 1. The lowest BCUT2D eigenvalue weighted by Crippen LogP contribution is -2.51. The van der Waals surface area contributed by atoms with Crippen LogP contribution in [0.2, 0.25) is 0 Å². The molecule has 2 atom stereocenters. The van der Waals surface area contributed by atoms with Crippen molar-refractivity contribution >= 4 is 21.6 Å². The molecule has 0 aromatic heterocycles. The van der Waals surface area contributed by atoms with Gasteiger partial charge >= 0.3 is 0 Å². The van der Waals surface area contributed by atoms with Crippen LogP contribution in [0.25, 0.3) is 0 Å². The molecule has 38 heavy (non-hydrogen) atoms. The lowest BCUT2D eigenvalue weighted by atomic mass is 9.93. The molecule has 0 unspecified atom stereocenters. The third-order valence-electron chi connectivity index (χ3n) is 6.95. The van der Waals surface area contributed by atoms with Crippen molar-refractivity contribution in [3.8, 4) is 11.5 Å². The largest absolute Gasteiger partial charge is 0.496 e. The van der Waals surface area contributed by atoms with Crippen molar-refractivity contribution in [2.75, 3.05) is 18.0 Å². The summed E-state index contributed by atoms with van der Waals surface area (Å²) < 4.78 is 40.3. The van der Waals surface area contributed by atoms with E-state index < -0.39 is 16.1 Å². The third kappa shape index (κ3) is 5.36. The number of ether oxygens (including phenoxy) is 2. The predicted molar refractivity (Wildman–Crippen MR) is 150 cm³/mol. The van der Waals surface area contributed by atoms with Gasteiger partial charge < -0.3 is 14.8 Å². The highest BCUT2D eigenvalue weighted by Gasteiger charge is 2.38. The summed E-state index contributed by atoms with van der Waals surface area (Å²) in [7, 11) is -2.27. The lowest BCUT2D eigenvalue weighted by Gasteiger charge is -2.35. The zero-order chi connectivity index (χ0) is 27.8. The third-order valence-corrected chi connectivity index (χ3v) is 8.75. The minimum atomic E-state index is -3.92. The van der Waals surface area contributed by atoms with Crippen LogP contribution in [0.1, 0.15) is 60.5 Å². The molecule has 202 valence electrons. The summed E-state index contributed by atoms with van der Waals surface area (Å²) in [6.07, 6.45) is -1.02. The number of fused-ring (bicyclic) bond motifs is 1. The molecule has 1 heterocycles. The molecule has 1 aliphatic rings. The zero-order valence-electron chi connectivity index (χ0n) is 23.0. The SMILES string of the molecule is COc1cc(C)c([C@H](C)NC(=O)[C@H]2CN(S(=O)(=O)c3ccc(C)cc3)c3ccc(C)cc3O2)cc1C(C)C. The second-order valence-corrected chi connectivity index (χ2v) is 12.1. The minimum Gasteiger partial charge on any atom is -0.496 e. The fourth-order valence-corrected chi connectivity index (χ4v) is 6.23. The molecular weight excluding hydrogens is 500 g/mol. The Morgan fingerprint density at radius 3 is 2.26 bits per heavy atom. The topological polar surface area (TPSA) is 84.9 Å². The molecule has 0 bridgehead atoms. The predicted octanol–water partition coefficient (Wildman–Crippen LogP) is 5.58. The highest BCUT2D eigenvalue weighted by molar-refractivity contribution is 7.92. The highest BCUT2D eigenvalue weighted by Crippen LogP contribution is 2.38. The van der Waals surface area contributed by atoms with Gasteiger partial charge in [-0.25, -0.2) is 8.42 Å². The van der Waals surface area contributed by atoms with E-state index in [0.29, 0.717) is 11.4 Å². The van der Waals surface area contributed by atoms with Gasteiger partial charge in [0.1, 0.15) is 11.5 Å². The molecule has 1 N–H and O–H groups in total. The minimum absolute atomic E-state index is 0.135. The van der Waals surface area contributed by atoms with Crippen molar-refractivity contribution in [2.24, 2.45) is 0 Å². The summed E-state index contributed by atoms with van der Waals surface area (Å²) in [4.78, 5) is 13.7. The molecule has 8 heteroatoms. The van der Waals surface area contributed by atoms with Gasteiger partial charge in [-0.05, 0) is 92.3 Å². The maximum atomic E-state index is 13.7. The summed E-state index contributed by atoms with van der Waals surface area (Å²) in [6, 6.07) is 15.7. The number of methoxy groups -OCH3 is 1. The van der Waals surface area contributed by atoms with Crippen LogP contribution < -0.4 is 19.1 Å². The van der Waals surface area contributed by atoms with E-state index in [0.717, 1.165) is 33.6 Å². The van der Waals surface area contributed by atoms with Crippen LogP contribution in [-0.4, -0.2) is 34.1 Å². The molecule has 1 amide bonds. The van der Waals surface area contributed by atoms with Gasteiger partial charge in [0.2, 0.25) is 0 Å². The maximum absolute atomic E-state index is 13.7. The van der Waals surface area contributed by atoms with Gasteiger partial charge in [0, 0.05) is 0 Å². The normalized spacial score (nSPS) is 16.0. The van der Waals surface area contributed by atoms with Gasteiger partial charge in [-0.3, -0.25) is 9.10 Å². The first-order valence-electron chi connectivity index (χ1n) is 12.8. The first-order chi connectivity index (χ1) is 17.9. The van der Waals surface area contributed by atoms with E-state index in [1.807, 2.05) is 39.8 Å². The monoisotopic (exact) mass is 536 g/mol. The van der Waals surface area contributed by atoms with Crippen LogP contribution in [0.3, 0.4) is 0 Å². The van der Waals surface area contributed by atoms with Gasteiger partial charge in [-0.15, -0.1) is 0 Å². The van der Waals surface area contributed by atoms with Crippen molar-refractivity contribution in [1.82, 2.24) is 5.32 Å². The van der Waals surface area contributed by atoms with Gasteiger partial charge in [-0.1, -0.05) is 37.6 Å². The Morgan fingerprint density at radius 1 is 0.974 bits per heavy atom. The zero-order valence-corrected chi connectivity index (χ0v) is 23.8.